The smallest absolute Gasteiger partial charge is 0.416 e. The molecule has 0 radical (unpaired) electrons. The molecular weight excluding hydrogens is 1180 g/mol. The van der Waals surface area contributed by atoms with E-state index < -0.39 is 65.5 Å². The SMILES string of the molecule is COc1ccc(C2=CN3C(=O)c4cc(OC)c(OCCCCCOc5cc6c(cc5OC)C(=O)N5C=C(c7ccc(O)cc7)C[C@H]5C(O[Si](C)(C)C(C)(C)C)N6C(=O)OCC(Cl)(Cl)Cl)cc4N(C(=O)OCC(Cl)(Cl)Cl)CC3C2)cc1. The first-order valence-corrected chi connectivity index (χ1v) is 30.8. The van der Waals surface area contributed by atoms with E-state index in [2.05, 4.69) is 20.8 Å². The van der Waals surface area contributed by atoms with Crippen LogP contribution >= 0.6 is 69.6 Å². The van der Waals surface area contributed by atoms with Crippen molar-refractivity contribution in [2.75, 3.05) is 64.1 Å². The normalized spacial score (nSPS) is 18.2. The summed E-state index contributed by atoms with van der Waals surface area (Å²) >= 11 is 36.3. The Morgan fingerprint density at radius 2 is 1.14 bits per heavy atom. The molecular formula is C56H62Cl6N4O13Si. The summed E-state index contributed by atoms with van der Waals surface area (Å²) in [6.07, 6.45) is 3.06. The zero-order chi connectivity index (χ0) is 58.1. The number of halogens is 6. The average Bonchev–Trinajstić information content (AvgIpc) is 4.11. The summed E-state index contributed by atoms with van der Waals surface area (Å²) in [6, 6.07) is 19.1. The summed E-state index contributed by atoms with van der Waals surface area (Å²) in [5.41, 5.74) is 3.96. The predicted octanol–water partition coefficient (Wildman–Crippen LogP) is 13.6. The molecule has 0 aromatic heterocycles. The first kappa shape index (κ1) is 60.6. The maximum absolute atomic E-state index is 14.9. The van der Waals surface area contributed by atoms with Crippen molar-refractivity contribution in [2.24, 2.45) is 0 Å². The number of phenols is 1. The monoisotopic (exact) mass is 1240 g/mol. The highest BCUT2D eigenvalue weighted by Crippen LogP contribution is 2.48. The van der Waals surface area contributed by atoms with Gasteiger partial charge in [-0.3, -0.25) is 14.5 Å². The molecule has 17 nitrogen and oxygen atoms in total. The summed E-state index contributed by atoms with van der Waals surface area (Å²) in [7, 11) is 1.72. The number of benzene rings is 4. The summed E-state index contributed by atoms with van der Waals surface area (Å²) in [5, 5.41) is 9.73. The van der Waals surface area contributed by atoms with Crippen molar-refractivity contribution >= 4 is 124 Å². The highest BCUT2D eigenvalue weighted by molar-refractivity contribution is 6.74. The zero-order valence-corrected chi connectivity index (χ0v) is 50.8. The Labute approximate surface area is 496 Å². The van der Waals surface area contributed by atoms with Gasteiger partial charge in [-0.15, -0.1) is 0 Å². The number of phenolic OH excluding ortho intramolecular Hbond substituents is 1. The van der Waals surface area contributed by atoms with Crippen molar-refractivity contribution in [3.05, 3.63) is 107 Å². The van der Waals surface area contributed by atoms with Crippen LogP contribution in [0.2, 0.25) is 18.1 Å². The van der Waals surface area contributed by atoms with Crippen LogP contribution in [0.25, 0.3) is 11.1 Å². The lowest BCUT2D eigenvalue weighted by molar-refractivity contribution is 0.0585. The Kier molecular flexibility index (Phi) is 18.6. The van der Waals surface area contributed by atoms with E-state index in [-0.39, 0.29) is 88.4 Å². The molecule has 24 heteroatoms. The number of carbonyl (C=O) groups is 4. The van der Waals surface area contributed by atoms with Crippen LogP contribution in [0.5, 0.6) is 34.5 Å². The molecule has 0 saturated carbocycles. The Morgan fingerprint density at radius 1 is 0.637 bits per heavy atom. The summed E-state index contributed by atoms with van der Waals surface area (Å²) in [4.78, 5) is 63.7. The van der Waals surface area contributed by atoms with Gasteiger partial charge >= 0.3 is 12.2 Å². The molecule has 4 aliphatic heterocycles. The van der Waals surface area contributed by atoms with E-state index >= 15 is 0 Å². The Bertz CT molecular complexity index is 3040. The van der Waals surface area contributed by atoms with Gasteiger partial charge in [0.15, 0.2) is 37.5 Å². The third-order valence-corrected chi connectivity index (χ3v) is 19.7. The average molecular weight is 1240 g/mol. The summed E-state index contributed by atoms with van der Waals surface area (Å²) in [5.74, 6) is 0.969. The van der Waals surface area contributed by atoms with Gasteiger partial charge in [-0.25, -0.2) is 14.5 Å². The number of aromatic hydroxyl groups is 1. The molecule has 4 aromatic rings. The summed E-state index contributed by atoms with van der Waals surface area (Å²) < 4.78 is 44.0. The first-order valence-electron chi connectivity index (χ1n) is 25.6. The number of hydrogen-bond donors (Lipinski definition) is 1. The lowest BCUT2D eigenvalue weighted by Crippen LogP contribution is -2.58. The third kappa shape index (κ3) is 13.7. The van der Waals surface area contributed by atoms with E-state index in [4.69, 9.17) is 107 Å². The molecule has 80 heavy (non-hydrogen) atoms. The molecule has 0 aliphatic carbocycles. The van der Waals surface area contributed by atoms with Crippen LogP contribution in [-0.4, -0.2) is 127 Å². The van der Waals surface area contributed by atoms with Crippen LogP contribution in [0.4, 0.5) is 21.0 Å². The van der Waals surface area contributed by atoms with E-state index in [9.17, 15) is 24.3 Å². The van der Waals surface area contributed by atoms with Gasteiger partial charge in [0.05, 0.1) is 75.7 Å². The second kappa shape index (κ2) is 24.6. The van der Waals surface area contributed by atoms with E-state index in [1.807, 2.05) is 37.4 Å². The minimum atomic E-state index is -2.76. The number of anilines is 2. The fraction of sp³-hybridized carbons (Fsp3) is 0.429. The van der Waals surface area contributed by atoms with Gasteiger partial charge in [0, 0.05) is 24.5 Å². The molecule has 4 amide bonds. The van der Waals surface area contributed by atoms with Gasteiger partial charge < -0.3 is 52.5 Å². The lowest BCUT2D eigenvalue weighted by Gasteiger charge is -2.44. The van der Waals surface area contributed by atoms with Crippen LogP contribution < -0.4 is 33.5 Å². The second-order valence-corrected chi connectivity index (χ2v) is 30.8. The van der Waals surface area contributed by atoms with Gasteiger partial charge in [-0.2, -0.15) is 0 Å². The molecule has 0 bridgehead atoms. The Balaban J connectivity index is 1.01. The highest BCUT2D eigenvalue weighted by Gasteiger charge is 2.51. The lowest BCUT2D eigenvalue weighted by atomic mass is 10.0. The molecule has 0 fully saturated rings. The number of amides is 4. The van der Waals surface area contributed by atoms with E-state index in [0.29, 0.717) is 31.4 Å². The number of hydrogen-bond acceptors (Lipinski definition) is 13. The van der Waals surface area contributed by atoms with E-state index in [0.717, 1.165) is 22.3 Å². The molecule has 4 heterocycles. The topological polar surface area (TPSA) is 175 Å². The molecule has 430 valence electrons. The number of methoxy groups -OCH3 is 3. The molecule has 0 saturated heterocycles. The van der Waals surface area contributed by atoms with E-state index in [1.165, 1.54) is 36.2 Å². The quantitative estimate of drug-likeness (QED) is 0.0601. The fourth-order valence-corrected chi connectivity index (χ4v) is 11.0. The van der Waals surface area contributed by atoms with Crippen molar-refractivity contribution in [2.45, 2.75) is 96.9 Å². The van der Waals surface area contributed by atoms with E-state index in [1.54, 1.807) is 65.7 Å². The molecule has 4 aromatic carbocycles. The van der Waals surface area contributed by atoms with Crippen LogP contribution in [0.15, 0.2) is 85.2 Å². The van der Waals surface area contributed by atoms with Crippen molar-refractivity contribution in [1.82, 2.24) is 9.80 Å². The number of fused-ring (bicyclic) bond motifs is 4. The molecule has 1 N–H and O–H groups in total. The largest absolute Gasteiger partial charge is 0.508 e. The first-order chi connectivity index (χ1) is 37.7. The molecule has 0 spiro atoms. The number of rotatable bonds is 17. The zero-order valence-electron chi connectivity index (χ0n) is 45.3. The van der Waals surface area contributed by atoms with Crippen molar-refractivity contribution < 1.29 is 61.9 Å². The minimum absolute atomic E-state index is 0.0496. The maximum atomic E-state index is 14.9. The second-order valence-electron chi connectivity index (χ2n) is 21.0. The number of nitrogens with zero attached hydrogens (tertiary/aromatic N) is 4. The standard InChI is InChI=1S/C56H62Cl6N4O13Si/c1-54(2,3)80(7,8)79-51-44-23-36(33-12-16-38(67)17-13-33)29-64(44)50(69)41-25-46(74-6)48(27-43(41)66(51)53(71)78-32-56(60,61)62)76-21-11-9-10-20-75-47-26-42-40(24-45(47)73-5)49(68)63-28-35(34-14-18-39(72-4)19-15-34)22-37(63)30-65(42)52(70)77-31-55(57,58)59/h12-19,24-29,37,44,51,67H,9-11,20-23,30-32H2,1-8H3/t37?,44-,51?/m0/s1. The molecule has 4 aliphatic rings. The Morgan fingerprint density at radius 3 is 1.68 bits per heavy atom. The van der Waals surface area contributed by atoms with Crippen LogP contribution in [0.3, 0.4) is 0 Å². The maximum Gasteiger partial charge on any atom is 0.416 e. The number of unbranched alkanes of at least 4 members (excludes halogenated alkanes) is 2. The summed E-state index contributed by atoms with van der Waals surface area (Å²) in [6.45, 7) is 9.58. The van der Waals surface area contributed by atoms with Crippen molar-refractivity contribution in [3.63, 3.8) is 0 Å². The fourth-order valence-electron chi connectivity index (χ4n) is 9.48. The number of carbonyl (C=O) groups excluding carboxylic acids is 4. The van der Waals surface area contributed by atoms with Gasteiger partial charge in [-0.1, -0.05) is 115 Å². The third-order valence-electron chi connectivity index (χ3n) is 14.6. The molecule has 2 unspecified atom stereocenters. The van der Waals surface area contributed by atoms with Gasteiger partial charge in [-0.05, 0) is 109 Å². The number of alkyl halides is 6. The minimum Gasteiger partial charge on any atom is -0.508 e. The molecule has 8 rings (SSSR count). The van der Waals surface area contributed by atoms with Crippen molar-refractivity contribution in [3.8, 4) is 34.5 Å². The van der Waals surface area contributed by atoms with Gasteiger partial charge in [0.1, 0.15) is 24.7 Å². The van der Waals surface area contributed by atoms with Gasteiger partial charge in [0.2, 0.25) is 7.59 Å². The molecule has 3 atom stereocenters. The van der Waals surface area contributed by atoms with Crippen LogP contribution in [-0.2, 0) is 13.9 Å². The highest BCUT2D eigenvalue weighted by atomic mass is 35.6. The van der Waals surface area contributed by atoms with Crippen LogP contribution in [0.1, 0.15) is 84.7 Å². The predicted molar refractivity (Wildman–Crippen MR) is 312 cm³/mol. The number of ether oxygens (including phenoxy) is 7. The van der Waals surface area contributed by atoms with Crippen molar-refractivity contribution in [1.29, 1.82) is 0 Å². The van der Waals surface area contributed by atoms with Crippen LogP contribution in [0, 0.1) is 0 Å². The van der Waals surface area contributed by atoms with Gasteiger partial charge in [0.25, 0.3) is 11.8 Å². The Hall–Kier alpha value is -5.44.